The highest BCUT2D eigenvalue weighted by Crippen LogP contribution is 2.59. The van der Waals surface area contributed by atoms with E-state index in [4.69, 9.17) is 9.97 Å². The molecule has 0 atom stereocenters. The Hall–Kier alpha value is -9.24. The molecule has 2 nitrogen and oxygen atoms in total. The van der Waals surface area contributed by atoms with E-state index in [-0.39, 0.29) is 0 Å². The van der Waals surface area contributed by atoms with Crippen molar-refractivity contribution in [1.82, 2.24) is 9.97 Å². The summed E-state index contributed by atoms with van der Waals surface area (Å²) in [6, 6.07) is 97.3. The monoisotopic (exact) mass is 900 g/mol. The first kappa shape index (κ1) is 40.8. The van der Waals surface area contributed by atoms with Gasteiger partial charge in [0.2, 0.25) is 0 Å². The van der Waals surface area contributed by atoms with Crippen molar-refractivity contribution in [3.05, 3.63) is 289 Å². The van der Waals surface area contributed by atoms with Gasteiger partial charge in [0.25, 0.3) is 0 Å². The molecule has 2 heteroatoms. The minimum absolute atomic E-state index is 0.608. The first-order valence-electron chi connectivity index (χ1n) is 24.5. The van der Waals surface area contributed by atoms with Crippen molar-refractivity contribution in [2.24, 2.45) is 0 Å². The van der Waals surface area contributed by atoms with E-state index < -0.39 is 5.41 Å². The second kappa shape index (κ2) is 16.5. The lowest BCUT2D eigenvalue weighted by Crippen LogP contribution is -2.29. The lowest BCUT2D eigenvalue weighted by molar-refractivity contribution is 0.769. The van der Waals surface area contributed by atoms with Crippen LogP contribution in [0.5, 0.6) is 0 Å². The predicted molar refractivity (Wildman–Crippen MR) is 297 cm³/mol. The van der Waals surface area contributed by atoms with Crippen LogP contribution >= 0.6 is 0 Å². The van der Waals surface area contributed by atoms with Crippen LogP contribution < -0.4 is 0 Å². The van der Waals surface area contributed by atoms with E-state index in [1.165, 1.54) is 93.3 Å². The van der Waals surface area contributed by atoms with E-state index in [0.29, 0.717) is 5.82 Å². The largest absolute Gasteiger partial charge is 0.228 e. The van der Waals surface area contributed by atoms with Gasteiger partial charge in [0.15, 0.2) is 5.82 Å². The molecule has 1 aliphatic carbocycles. The van der Waals surface area contributed by atoms with Crippen molar-refractivity contribution in [2.45, 2.75) is 5.41 Å². The highest BCUT2D eigenvalue weighted by molar-refractivity contribution is 6.29. The van der Waals surface area contributed by atoms with Crippen LogP contribution in [0.2, 0.25) is 0 Å². The Bertz CT molecular complexity index is 4160. The van der Waals surface area contributed by atoms with Crippen molar-refractivity contribution in [1.29, 1.82) is 0 Å². The van der Waals surface area contributed by atoms with Gasteiger partial charge in [-0.1, -0.05) is 261 Å². The molecule has 12 aromatic carbocycles. The molecule has 0 aliphatic heterocycles. The van der Waals surface area contributed by atoms with E-state index >= 15 is 0 Å². The average Bonchev–Trinajstić information content (AvgIpc) is 3.76. The maximum atomic E-state index is 5.56. The first-order valence-corrected chi connectivity index (χ1v) is 24.5. The number of rotatable bonds is 7. The first-order chi connectivity index (χ1) is 35.3. The minimum Gasteiger partial charge on any atom is -0.228 e. The molecule has 0 N–H and O–H groups in total. The van der Waals surface area contributed by atoms with Crippen LogP contribution in [0.25, 0.3) is 110 Å². The fourth-order valence-corrected chi connectivity index (χ4v) is 12.0. The molecule has 0 radical (unpaired) electrons. The lowest BCUT2D eigenvalue weighted by Gasteiger charge is -2.35. The SMILES string of the molecule is c1ccc(-c2nc(-c3cccc4c3C(c3ccccc3)(c3ccccc3)c3ccccc3-4)cc(-c3ccc(-c4c5ccccc5c(-c5ccccc5)c5ccc6ccccc6c45)c4ccccc34)n2)cc1. The molecule has 0 amide bonds. The van der Waals surface area contributed by atoms with Gasteiger partial charge in [-0.05, 0) is 105 Å². The van der Waals surface area contributed by atoms with Gasteiger partial charge in [0.05, 0.1) is 16.8 Å². The summed E-state index contributed by atoms with van der Waals surface area (Å²) in [5.41, 5.74) is 16.5. The molecule has 71 heavy (non-hydrogen) atoms. The van der Waals surface area contributed by atoms with Crippen LogP contribution in [0.4, 0.5) is 0 Å². The molecular weight excluding hydrogens is 857 g/mol. The third-order valence-electron chi connectivity index (χ3n) is 15.0. The molecular formula is C69H44N2. The maximum Gasteiger partial charge on any atom is 0.160 e. The summed E-state index contributed by atoms with van der Waals surface area (Å²) in [6.07, 6.45) is 0. The van der Waals surface area contributed by atoms with Gasteiger partial charge in [-0.3, -0.25) is 0 Å². The van der Waals surface area contributed by atoms with Crippen LogP contribution in [0.1, 0.15) is 22.3 Å². The zero-order chi connectivity index (χ0) is 46.9. The number of benzene rings is 12. The number of hydrogen-bond donors (Lipinski definition) is 0. The third kappa shape index (κ3) is 6.28. The lowest BCUT2D eigenvalue weighted by atomic mass is 9.66. The molecule has 1 aromatic heterocycles. The summed E-state index contributed by atoms with van der Waals surface area (Å²) in [5, 5.41) is 9.72. The maximum absolute atomic E-state index is 5.56. The summed E-state index contributed by atoms with van der Waals surface area (Å²) >= 11 is 0. The Morgan fingerprint density at radius 3 is 1.46 bits per heavy atom. The van der Waals surface area contributed by atoms with Crippen LogP contribution in [-0.2, 0) is 5.41 Å². The van der Waals surface area contributed by atoms with E-state index in [0.717, 1.165) is 33.5 Å². The van der Waals surface area contributed by atoms with Gasteiger partial charge in [-0.15, -0.1) is 0 Å². The second-order valence-electron chi connectivity index (χ2n) is 18.7. The number of aromatic nitrogens is 2. The highest BCUT2D eigenvalue weighted by Gasteiger charge is 2.47. The molecule has 0 saturated heterocycles. The van der Waals surface area contributed by atoms with Crippen LogP contribution in [0, 0.1) is 0 Å². The standard InChI is InChI=1S/C69H44N2/c1-5-23-46(24-6-1)64-55-35-17-18-36-56(55)66(65-50-31-14-13-22-45(50)40-41-60(64)65)57-43-42-54(51-32-15-16-33-52(51)57)62-44-63(71-68(70-62)47-25-7-2-8-26-47)59-38-21-37-58-53-34-19-20-39-61(53)69(67(58)59,48-27-9-3-10-28-48)49-29-11-4-12-30-49/h1-44H. The predicted octanol–water partition coefficient (Wildman–Crippen LogP) is 17.8. The van der Waals surface area contributed by atoms with Gasteiger partial charge in [-0.25, -0.2) is 9.97 Å². The summed E-state index contributed by atoms with van der Waals surface area (Å²) in [4.78, 5) is 11.1. The topological polar surface area (TPSA) is 25.8 Å². The Balaban J connectivity index is 1.05. The zero-order valence-corrected chi connectivity index (χ0v) is 38.8. The van der Waals surface area contributed by atoms with Crippen molar-refractivity contribution >= 4 is 43.1 Å². The van der Waals surface area contributed by atoms with Crippen molar-refractivity contribution in [3.8, 4) is 67.3 Å². The van der Waals surface area contributed by atoms with E-state index in [2.05, 4.69) is 267 Å². The molecule has 14 rings (SSSR count). The molecule has 0 fully saturated rings. The Labute approximate surface area is 412 Å². The van der Waals surface area contributed by atoms with Crippen LogP contribution in [0.15, 0.2) is 267 Å². The molecule has 1 aliphatic rings. The second-order valence-corrected chi connectivity index (χ2v) is 18.7. The molecule has 1 heterocycles. The van der Waals surface area contributed by atoms with Gasteiger partial charge in [0.1, 0.15) is 0 Å². The van der Waals surface area contributed by atoms with Gasteiger partial charge in [-0.2, -0.15) is 0 Å². The highest BCUT2D eigenvalue weighted by atomic mass is 14.9. The number of hydrogen-bond acceptors (Lipinski definition) is 2. The molecule has 0 spiro atoms. The average molecular weight is 901 g/mol. The van der Waals surface area contributed by atoms with Crippen LogP contribution in [-0.4, -0.2) is 9.97 Å². The Morgan fingerprint density at radius 1 is 0.282 bits per heavy atom. The third-order valence-corrected chi connectivity index (χ3v) is 15.0. The van der Waals surface area contributed by atoms with Crippen molar-refractivity contribution in [2.75, 3.05) is 0 Å². The fourth-order valence-electron chi connectivity index (χ4n) is 12.0. The quantitative estimate of drug-likeness (QED) is 0.118. The summed E-state index contributed by atoms with van der Waals surface area (Å²) in [7, 11) is 0. The summed E-state index contributed by atoms with van der Waals surface area (Å²) in [5.74, 6) is 0.685. The Morgan fingerprint density at radius 2 is 0.775 bits per heavy atom. The summed E-state index contributed by atoms with van der Waals surface area (Å²) < 4.78 is 0. The molecule has 13 aromatic rings. The van der Waals surface area contributed by atoms with Gasteiger partial charge < -0.3 is 0 Å². The van der Waals surface area contributed by atoms with Crippen LogP contribution in [0.3, 0.4) is 0 Å². The Kier molecular flexibility index (Phi) is 9.47. The van der Waals surface area contributed by atoms with Crippen molar-refractivity contribution < 1.29 is 0 Å². The molecule has 0 saturated carbocycles. The normalized spacial score (nSPS) is 12.6. The van der Waals surface area contributed by atoms with E-state index in [1.54, 1.807) is 0 Å². The van der Waals surface area contributed by atoms with Crippen molar-refractivity contribution in [3.63, 3.8) is 0 Å². The molecule has 0 bridgehead atoms. The number of fused-ring (bicyclic) bond motifs is 8. The van der Waals surface area contributed by atoms with Gasteiger partial charge >= 0.3 is 0 Å². The minimum atomic E-state index is -0.608. The van der Waals surface area contributed by atoms with E-state index in [9.17, 15) is 0 Å². The smallest absolute Gasteiger partial charge is 0.160 e. The van der Waals surface area contributed by atoms with Gasteiger partial charge in [0, 0.05) is 16.7 Å². The molecule has 0 unspecified atom stereocenters. The zero-order valence-electron chi connectivity index (χ0n) is 38.8. The fraction of sp³-hybridized carbons (Fsp3) is 0.0145. The number of nitrogens with zero attached hydrogens (tertiary/aromatic N) is 2. The van der Waals surface area contributed by atoms with E-state index in [1.807, 2.05) is 0 Å². The molecule has 330 valence electrons. The summed E-state index contributed by atoms with van der Waals surface area (Å²) in [6.45, 7) is 0.